The molecule has 2 aromatic rings. The van der Waals surface area contributed by atoms with Crippen LogP contribution in [0.25, 0.3) is 0 Å². The topological polar surface area (TPSA) is 66.4 Å². The average Bonchev–Trinajstić information content (AvgIpc) is 2.87. The number of rotatable bonds is 4. The molecule has 20 heavy (non-hydrogen) atoms. The second-order valence-electron chi connectivity index (χ2n) is 4.07. The van der Waals surface area contributed by atoms with Crippen LogP contribution in [0.15, 0.2) is 30.3 Å². The third-order valence-electron chi connectivity index (χ3n) is 2.69. The van der Waals surface area contributed by atoms with Gasteiger partial charge in [-0.05, 0) is 36.8 Å². The van der Waals surface area contributed by atoms with Crippen molar-refractivity contribution in [2.75, 3.05) is 5.32 Å². The van der Waals surface area contributed by atoms with Gasteiger partial charge < -0.3 is 10.4 Å². The molecule has 0 radical (unpaired) electrons. The summed E-state index contributed by atoms with van der Waals surface area (Å²) in [5, 5.41) is 12.0. The van der Waals surface area contributed by atoms with E-state index in [1.54, 1.807) is 6.07 Å². The lowest BCUT2D eigenvalue weighted by Gasteiger charge is -2.08. The van der Waals surface area contributed by atoms with Gasteiger partial charge in [-0.1, -0.05) is 18.5 Å². The molecule has 6 heteroatoms. The number of halogens is 1. The number of amides is 1. The van der Waals surface area contributed by atoms with E-state index in [0.29, 0.717) is 9.90 Å². The Morgan fingerprint density at radius 1 is 1.30 bits per heavy atom. The molecule has 0 fully saturated rings. The first kappa shape index (κ1) is 14.6. The van der Waals surface area contributed by atoms with E-state index in [9.17, 15) is 9.59 Å². The molecular formula is C14H12ClNO3S. The summed E-state index contributed by atoms with van der Waals surface area (Å²) in [6.07, 6.45) is 0.857. The van der Waals surface area contributed by atoms with Gasteiger partial charge in [0.15, 0.2) is 0 Å². The van der Waals surface area contributed by atoms with Crippen LogP contribution in [0, 0.1) is 0 Å². The summed E-state index contributed by atoms with van der Waals surface area (Å²) in [6.45, 7) is 2.01. The number of carboxylic acids is 1. The van der Waals surface area contributed by atoms with Crippen LogP contribution in [0.1, 0.15) is 31.8 Å². The van der Waals surface area contributed by atoms with Crippen LogP contribution in [0.5, 0.6) is 0 Å². The third-order valence-corrected chi connectivity index (χ3v) is 4.16. The lowest BCUT2D eigenvalue weighted by atomic mass is 10.2. The van der Waals surface area contributed by atoms with Gasteiger partial charge in [-0.3, -0.25) is 4.79 Å². The van der Waals surface area contributed by atoms with Gasteiger partial charge in [0.1, 0.15) is 0 Å². The molecule has 104 valence electrons. The quantitative estimate of drug-likeness (QED) is 0.899. The molecule has 1 aromatic carbocycles. The van der Waals surface area contributed by atoms with Crippen molar-refractivity contribution in [3.8, 4) is 0 Å². The van der Waals surface area contributed by atoms with Crippen LogP contribution in [-0.4, -0.2) is 17.0 Å². The van der Waals surface area contributed by atoms with Crippen LogP contribution in [-0.2, 0) is 6.42 Å². The van der Waals surface area contributed by atoms with Gasteiger partial charge in [-0.2, -0.15) is 0 Å². The van der Waals surface area contributed by atoms with Crippen molar-refractivity contribution in [1.29, 1.82) is 0 Å². The Morgan fingerprint density at radius 2 is 2.05 bits per heavy atom. The van der Waals surface area contributed by atoms with Gasteiger partial charge in [0, 0.05) is 9.90 Å². The summed E-state index contributed by atoms with van der Waals surface area (Å²) in [4.78, 5) is 24.8. The molecule has 0 aliphatic rings. The zero-order valence-corrected chi connectivity index (χ0v) is 12.2. The predicted octanol–water partition coefficient (Wildman–Crippen LogP) is 3.91. The minimum absolute atomic E-state index is 0.00928. The molecule has 0 saturated carbocycles. The number of nitrogens with one attached hydrogen (secondary N) is 1. The lowest BCUT2D eigenvalue weighted by molar-refractivity contribution is 0.0698. The number of hydrogen-bond donors (Lipinski definition) is 2. The minimum Gasteiger partial charge on any atom is -0.478 e. The molecule has 0 unspecified atom stereocenters. The Labute approximate surface area is 125 Å². The number of benzene rings is 1. The van der Waals surface area contributed by atoms with E-state index in [1.165, 1.54) is 29.5 Å². The van der Waals surface area contributed by atoms with Crippen LogP contribution in [0.3, 0.4) is 0 Å². The summed E-state index contributed by atoms with van der Waals surface area (Å²) in [5.41, 5.74) is 0.205. The Balaban J connectivity index is 2.27. The second kappa shape index (κ2) is 6.07. The van der Waals surface area contributed by atoms with Gasteiger partial charge in [-0.25, -0.2) is 4.79 Å². The molecule has 1 aromatic heterocycles. The van der Waals surface area contributed by atoms with E-state index in [-0.39, 0.29) is 17.2 Å². The van der Waals surface area contributed by atoms with Crippen molar-refractivity contribution >= 4 is 40.5 Å². The summed E-state index contributed by atoms with van der Waals surface area (Å²) in [6, 6.07) is 7.88. The van der Waals surface area contributed by atoms with Gasteiger partial charge in [0.25, 0.3) is 5.91 Å². The highest BCUT2D eigenvalue weighted by atomic mass is 35.5. The fraction of sp³-hybridized carbons (Fsp3) is 0.143. The lowest BCUT2D eigenvalue weighted by Crippen LogP contribution is -2.13. The van der Waals surface area contributed by atoms with Crippen molar-refractivity contribution in [2.24, 2.45) is 0 Å². The van der Waals surface area contributed by atoms with Crippen LogP contribution in [0.2, 0.25) is 5.02 Å². The number of carbonyl (C=O) groups is 2. The molecule has 0 bridgehead atoms. The highest BCUT2D eigenvalue weighted by molar-refractivity contribution is 7.14. The standard InChI is InChI=1S/C14H12ClNO3S/c1-2-9-4-6-12(20-9)13(17)16-11-7-8(15)3-5-10(11)14(18)19/h3-7H,2H2,1H3,(H,16,17)(H,18,19). The van der Waals surface area contributed by atoms with E-state index in [0.717, 1.165) is 11.3 Å². The van der Waals surface area contributed by atoms with E-state index in [1.807, 2.05) is 13.0 Å². The maximum atomic E-state index is 12.1. The van der Waals surface area contributed by atoms with E-state index in [2.05, 4.69) is 5.32 Å². The second-order valence-corrected chi connectivity index (χ2v) is 5.67. The Hall–Kier alpha value is -1.85. The maximum absolute atomic E-state index is 12.1. The highest BCUT2D eigenvalue weighted by Gasteiger charge is 2.15. The van der Waals surface area contributed by atoms with E-state index < -0.39 is 5.97 Å². The van der Waals surface area contributed by atoms with E-state index >= 15 is 0 Å². The Kier molecular flexibility index (Phi) is 4.42. The number of carbonyl (C=O) groups excluding carboxylic acids is 1. The molecule has 1 amide bonds. The number of anilines is 1. The first-order valence-corrected chi connectivity index (χ1v) is 7.13. The number of thiophene rings is 1. The molecule has 0 atom stereocenters. The van der Waals surface area contributed by atoms with Gasteiger partial charge in [0.2, 0.25) is 0 Å². The fourth-order valence-corrected chi connectivity index (χ4v) is 2.70. The smallest absolute Gasteiger partial charge is 0.337 e. The molecule has 2 rings (SSSR count). The third kappa shape index (κ3) is 3.18. The van der Waals surface area contributed by atoms with Crippen LogP contribution >= 0.6 is 22.9 Å². The average molecular weight is 310 g/mol. The molecule has 0 aliphatic heterocycles. The van der Waals surface area contributed by atoms with E-state index in [4.69, 9.17) is 16.7 Å². The minimum atomic E-state index is -1.11. The maximum Gasteiger partial charge on any atom is 0.337 e. The zero-order valence-electron chi connectivity index (χ0n) is 10.6. The fourth-order valence-electron chi connectivity index (χ4n) is 1.68. The molecule has 0 aliphatic carbocycles. The molecule has 1 heterocycles. The number of carboxylic acid groups (broad SMARTS) is 1. The Bertz CT molecular complexity index is 666. The van der Waals surface area contributed by atoms with Crippen LogP contribution in [0.4, 0.5) is 5.69 Å². The number of hydrogen-bond acceptors (Lipinski definition) is 3. The SMILES string of the molecule is CCc1ccc(C(=O)Nc2cc(Cl)ccc2C(=O)O)s1. The normalized spacial score (nSPS) is 10.3. The summed E-state index contributed by atoms with van der Waals surface area (Å²) in [7, 11) is 0. The van der Waals surface area contributed by atoms with Crippen LogP contribution < -0.4 is 5.32 Å². The molecule has 0 spiro atoms. The Morgan fingerprint density at radius 3 is 2.65 bits per heavy atom. The summed E-state index contributed by atoms with van der Waals surface area (Å²) >= 11 is 7.22. The molecule has 4 nitrogen and oxygen atoms in total. The summed E-state index contributed by atoms with van der Waals surface area (Å²) in [5.74, 6) is -1.45. The summed E-state index contributed by atoms with van der Waals surface area (Å²) < 4.78 is 0. The van der Waals surface area contributed by atoms with Gasteiger partial charge in [0.05, 0.1) is 16.1 Å². The van der Waals surface area contributed by atoms with Crippen molar-refractivity contribution < 1.29 is 14.7 Å². The van der Waals surface area contributed by atoms with Gasteiger partial charge >= 0.3 is 5.97 Å². The molecular weight excluding hydrogens is 298 g/mol. The zero-order chi connectivity index (χ0) is 14.7. The molecule has 0 saturated heterocycles. The first-order chi connectivity index (χ1) is 9.51. The predicted molar refractivity (Wildman–Crippen MR) is 80.1 cm³/mol. The number of aromatic carboxylic acids is 1. The van der Waals surface area contributed by atoms with Crippen molar-refractivity contribution in [1.82, 2.24) is 0 Å². The number of aryl methyl sites for hydroxylation is 1. The first-order valence-electron chi connectivity index (χ1n) is 5.94. The van der Waals surface area contributed by atoms with Gasteiger partial charge in [-0.15, -0.1) is 11.3 Å². The van der Waals surface area contributed by atoms with Crippen molar-refractivity contribution in [3.05, 3.63) is 50.7 Å². The largest absolute Gasteiger partial charge is 0.478 e. The monoisotopic (exact) mass is 309 g/mol. The molecule has 2 N–H and O–H groups in total. The van der Waals surface area contributed by atoms with Crippen molar-refractivity contribution in [2.45, 2.75) is 13.3 Å². The highest BCUT2D eigenvalue weighted by Crippen LogP contribution is 2.23. The van der Waals surface area contributed by atoms with Crippen molar-refractivity contribution in [3.63, 3.8) is 0 Å².